The fourth-order valence-electron chi connectivity index (χ4n) is 5.46. The van der Waals surface area contributed by atoms with Crippen LogP contribution >= 0.6 is 0 Å². The zero-order chi connectivity index (χ0) is 26.7. The second-order valence-electron chi connectivity index (χ2n) is 11.3. The van der Waals surface area contributed by atoms with Gasteiger partial charge in [-0.3, -0.25) is 9.69 Å². The highest BCUT2D eigenvalue weighted by atomic mass is 19.1. The number of halogens is 2. The predicted octanol–water partition coefficient (Wildman–Crippen LogP) is 4.42. The number of benzene rings is 1. The summed E-state index contributed by atoms with van der Waals surface area (Å²) in [6.45, 7) is 4.82. The SMILES string of the molecule is C[C@@H](c1cc(C(=O)Nc2cccc(C3([C@H](F)c4nncn4C)COC3)c2)nc(C2CC2)c1)N1CC(C)(F)C1. The molecular formula is C28H32F2N6O2. The number of amides is 1. The second-order valence-corrected chi connectivity index (χ2v) is 11.3. The number of ether oxygens (including phenoxy) is 1. The molecule has 2 aromatic heterocycles. The highest BCUT2D eigenvalue weighted by Crippen LogP contribution is 2.46. The highest BCUT2D eigenvalue weighted by molar-refractivity contribution is 6.03. The van der Waals surface area contributed by atoms with Gasteiger partial charge in [-0.25, -0.2) is 13.8 Å². The summed E-state index contributed by atoms with van der Waals surface area (Å²) in [5.74, 6) is 0.266. The molecule has 8 nitrogen and oxygen atoms in total. The predicted molar refractivity (Wildman–Crippen MR) is 137 cm³/mol. The number of carbonyl (C=O) groups excluding carboxylic acids is 1. The zero-order valence-electron chi connectivity index (χ0n) is 21.8. The molecule has 200 valence electrons. The van der Waals surface area contributed by atoms with Gasteiger partial charge in [0.2, 0.25) is 0 Å². The number of hydrogen-bond donors (Lipinski definition) is 1. The largest absolute Gasteiger partial charge is 0.379 e. The van der Waals surface area contributed by atoms with Crippen LogP contribution in [-0.2, 0) is 17.2 Å². The summed E-state index contributed by atoms with van der Waals surface area (Å²) in [5.41, 5.74) is 1.40. The van der Waals surface area contributed by atoms with Crippen LogP contribution in [0.15, 0.2) is 42.7 Å². The van der Waals surface area contributed by atoms with E-state index in [2.05, 4.69) is 31.5 Å². The molecule has 0 bridgehead atoms. The minimum absolute atomic E-state index is 0.0187. The molecule has 3 aromatic rings. The van der Waals surface area contributed by atoms with Gasteiger partial charge < -0.3 is 14.6 Å². The van der Waals surface area contributed by atoms with Gasteiger partial charge >= 0.3 is 0 Å². The quantitative estimate of drug-likeness (QED) is 0.471. The van der Waals surface area contributed by atoms with E-state index < -0.39 is 17.3 Å². The molecule has 4 heterocycles. The Bertz CT molecular complexity index is 1360. The minimum atomic E-state index is -1.41. The van der Waals surface area contributed by atoms with Gasteiger partial charge in [0, 0.05) is 43.5 Å². The van der Waals surface area contributed by atoms with Gasteiger partial charge in [-0.2, -0.15) is 0 Å². The van der Waals surface area contributed by atoms with Crippen molar-refractivity contribution in [1.82, 2.24) is 24.6 Å². The Morgan fingerprint density at radius 3 is 2.58 bits per heavy atom. The van der Waals surface area contributed by atoms with E-state index >= 15 is 4.39 Å². The van der Waals surface area contributed by atoms with Crippen LogP contribution in [-0.4, -0.2) is 62.5 Å². The van der Waals surface area contributed by atoms with E-state index in [1.54, 1.807) is 42.8 Å². The van der Waals surface area contributed by atoms with Crippen molar-refractivity contribution in [3.63, 3.8) is 0 Å². The van der Waals surface area contributed by atoms with Gasteiger partial charge in [0.15, 0.2) is 12.0 Å². The Kier molecular flexibility index (Phi) is 6.07. The Balaban J connectivity index is 1.24. The first-order valence-electron chi connectivity index (χ1n) is 13.1. The van der Waals surface area contributed by atoms with Gasteiger partial charge in [-0.15, -0.1) is 10.2 Å². The van der Waals surface area contributed by atoms with Crippen molar-refractivity contribution in [3.8, 4) is 0 Å². The average Bonchev–Trinajstić information content (AvgIpc) is 3.61. The molecule has 2 atom stereocenters. The molecule has 3 aliphatic rings. The van der Waals surface area contributed by atoms with Crippen molar-refractivity contribution in [3.05, 3.63) is 71.1 Å². The van der Waals surface area contributed by atoms with Gasteiger partial charge in [-0.1, -0.05) is 12.1 Å². The van der Waals surface area contributed by atoms with Crippen LogP contribution in [0.1, 0.15) is 78.0 Å². The van der Waals surface area contributed by atoms with Crippen molar-refractivity contribution in [2.75, 3.05) is 31.6 Å². The molecular weight excluding hydrogens is 490 g/mol. The van der Waals surface area contributed by atoms with E-state index in [1.807, 2.05) is 13.0 Å². The number of alkyl halides is 2. The maximum atomic E-state index is 15.7. The molecule has 0 unspecified atom stereocenters. The lowest BCUT2D eigenvalue weighted by Crippen LogP contribution is -2.57. The molecule has 10 heteroatoms. The fourth-order valence-corrected chi connectivity index (χ4v) is 5.46. The van der Waals surface area contributed by atoms with Gasteiger partial charge in [0.1, 0.15) is 17.7 Å². The zero-order valence-corrected chi connectivity index (χ0v) is 21.8. The number of likely N-dealkylation sites (tertiary alicyclic amines) is 1. The first kappa shape index (κ1) is 25.1. The highest BCUT2D eigenvalue weighted by Gasteiger charge is 2.50. The number of anilines is 1. The summed E-state index contributed by atoms with van der Waals surface area (Å²) in [6.07, 6.45) is 2.17. The monoisotopic (exact) mass is 522 g/mol. The molecule has 2 saturated heterocycles. The summed E-state index contributed by atoms with van der Waals surface area (Å²) in [6, 6.07) is 11.1. The topological polar surface area (TPSA) is 85.2 Å². The molecule has 1 amide bonds. The van der Waals surface area contributed by atoms with Crippen molar-refractivity contribution in [2.24, 2.45) is 7.05 Å². The molecule has 1 aliphatic carbocycles. The lowest BCUT2D eigenvalue weighted by Gasteiger charge is -2.46. The third-order valence-electron chi connectivity index (χ3n) is 8.06. The summed E-state index contributed by atoms with van der Waals surface area (Å²) in [5, 5.41) is 10.7. The number of pyridine rings is 1. The van der Waals surface area contributed by atoms with Crippen LogP contribution in [0.25, 0.3) is 0 Å². The maximum Gasteiger partial charge on any atom is 0.274 e. The lowest BCUT2D eigenvalue weighted by molar-refractivity contribution is -0.102. The van der Waals surface area contributed by atoms with E-state index in [4.69, 9.17) is 4.74 Å². The Labute approximate surface area is 220 Å². The molecule has 2 aliphatic heterocycles. The number of nitrogens with one attached hydrogen (secondary N) is 1. The number of carbonyl (C=O) groups is 1. The molecule has 1 N–H and O–H groups in total. The fraction of sp³-hybridized carbons (Fsp3) is 0.500. The van der Waals surface area contributed by atoms with Gasteiger partial charge in [-0.05, 0) is 62.1 Å². The molecule has 38 heavy (non-hydrogen) atoms. The number of aromatic nitrogens is 4. The van der Waals surface area contributed by atoms with Gasteiger partial charge in [0.25, 0.3) is 5.91 Å². The third-order valence-corrected chi connectivity index (χ3v) is 8.06. The van der Waals surface area contributed by atoms with Crippen molar-refractivity contribution >= 4 is 11.6 Å². The molecule has 0 radical (unpaired) electrons. The van der Waals surface area contributed by atoms with Crippen molar-refractivity contribution in [1.29, 1.82) is 0 Å². The Morgan fingerprint density at radius 2 is 1.97 bits per heavy atom. The van der Waals surface area contributed by atoms with E-state index in [0.717, 1.165) is 29.7 Å². The first-order chi connectivity index (χ1) is 18.1. The second kappa shape index (κ2) is 9.20. The summed E-state index contributed by atoms with van der Waals surface area (Å²) in [4.78, 5) is 20.1. The van der Waals surface area contributed by atoms with E-state index in [1.165, 1.54) is 6.33 Å². The van der Waals surface area contributed by atoms with Gasteiger partial charge in [0.05, 0.1) is 18.6 Å². The molecule has 6 rings (SSSR count). The van der Waals surface area contributed by atoms with Crippen LogP contribution in [0.5, 0.6) is 0 Å². The average molecular weight is 523 g/mol. The minimum Gasteiger partial charge on any atom is -0.379 e. The maximum absolute atomic E-state index is 15.7. The molecule has 3 fully saturated rings. The third kappa shape index (κ3) is 4.49. The van der Waals surface area contributed by atoms with Crippen LogP contribution in [0.3, 0.4) is 0 Å². The smallest absolute Gasteiger partial charge is 0.274 e. The first-order valence-corrected chi connectivity index (χ1v) is 13.1. The standard InChI is InChI=1S/C28H32F2N6O2/c1-17(36-12-27(2,30)13-36)19-9-22(18-7-8-18)33-23(10-19)26(37)32-21-6-4-5-20(11-21)28(14-38-15-28)24(29)25-34-31-16-35(25)3/h4-6,9-11,16-18,24H,7-8,12-15H2,1-3H3,(H,32,37)/t17-,24+/m0/s1. The number of aryl methyl sites for hydroxylation is 1. The summed E-state index contributed by atoms with van der Waals surface area (Å²) >= 11 is 0. The van der Waals surface area contributed by atoms with Crippen LogP contribution in [0.4, 0.5) is 14.5 Å². The van der Waals surface area contributed by atoms with Crippen molar-refractivity contribution < 1.29 is 18.3 Å². The normalized spacial score (nSPS) is 21.7. The summed E-state index contributed by atoms with van der Waals surface area (Å²) in [7, 11) is 1.71. The summed E-state index contributed by atoms with van der Waals surface area (Å²) < 4.78 is 36.9. The number of hydrogen-bond acceptors (Lipinski definition) is 6. The van der Waals surface area contributed by atoms with E-state index in [0.29, 0.717) is 30.4 Å². The molecule has 0 spiro atoms. The van der Waals surface area contributed by atoms with Crippen LogP contribution < -0.4 is 5.32 Å². The Morgan fingerprint density at radius 1 is 1.21 bits per heavy atom. The van der Waals surface area contributed by atoms with Crippen molar-refractivity contribution in [2.45, 2.75) is 55.9 Å². The van der Waals surface area contributed by atoms with Crippen LogP contribution in [0.2, 0.25) is 0 Å². The molecule has 1 saturated carbocycles. The molecule has 1 aromatic carbocycles. The van der Waals surface area contributed by atoms with E-state index in [9.17, 15) is 9.18 Å². The van der Waals surface area contributed by atoms with Crippen LogP contribution in [0, 0.1) is 0 Å². The number of nitrogens with zero attached hydrogens (tertiary/aromatic N) is 5. The Hall–Kier alpha value is -3.24. The van der Waals surface area contributed by atoms with E-state index in [-0.39, 0.29) is 31.0 Å². The lowest BCUT2D eigenvalue weighted by atomic mass is 9.74. The number of rotatable bonds is 8.